The molecule has 0 bridgehead atoms. The zero-order valence-corrected chi connectivity index (χ0v) is 14.2. The minimum atomic E-state index is -0.175. The summed E-state index contributed by atoms with van der Waals surface area (Å²) < 4.78 is 1.71. The van der Waals surface area contributed by atoms with Crippen LogP contribution in [0.5, 0.6) is 0 Å². The van der Waals surface area contributed by atoms with Gasteiger partial charge in [-0.15, -0.1) is 0 Å². The third-order valence-corrected chi connectivity index (χ3v) is 4.38. The van der Waals surface area contributed by atoms with Gasteiger partial charge in [0.25, 0.3) is 5.91 Å². The van der Waals surface area contributed by atoms with Gasteiger partial charge in [0.05, 0.1) is 28.8 Å². The maximum atomic E-state index is 12.7. The summed E-state index contributed by atoms with van der Waals surface area (Å²) in [6.07, 6.45) is 7.70. The van der Waals surface area contributed by atoms with Gasteiger partial charge in [-0.3, -0.25) is 19.4 Å². The van der Waals surface area contributed by atoms with Crippen molar-refractivity contribution in [2.24, 2.45) is 7.05 Å². The van der Waals surface area contributed by atoms with E-state index in [1.165, 1.54) is 12.8 Å². The Kier molecular flexibility index (Phi) is 3.80. The van der Waals surface area contributed by atoms with E-state index < -0.39 is 0 Å². The molecule has 1 N–H and O–H groups in total. The lowest BCUT2D eigenvalue weighted by Crippen LogP contribution is -2.15. The maximum Gasteiger partial charge on any atom is 0.257 e. The van der Waals surface area contributed by atoms with Crippen LogP contribution in [-0.4, -0.2) is 25.7 Å². The van der Waals surface area contributed by atoms with E-state index in [2.05, 4.69) is 20.4 Å². The Balaban J connectivity index is 1.61. The lowest BCUT2D eigenvalue weighted by Gasteiger charge is -2.11. The molecule has 0 radical (unpaired) electrons. The van der Waals surface area contributed by atoms with Crippen LogP contribution in [0.3, 0.4) is 0 Å². The molecule has 25 heavy (non-hydrogen) atoms. The number of pyridine rings is 2. The Morgan fingerprint density at radius 2 is 2.12 bits per heavy atom. The SMILES string of the molecule is Cc1nc(C2CC2)ccc1C(=O)Nc1cccnc1-c1cnn(C)c1. The first-order chi connectivity index (χ1) is 12.1. The van der Waals surface area contributed by atoms with Crippen molar-refractivity contribution in [3.05, 3.63) is 59.8 Å². The van der Waals surface area contributed by atoms with Crippen LogP contribution in [0.15, 0.2) is 42.9 Å². The molecule has 3 heterocycles. The van der Waals surface area contributed by atoms with Crippen LogP contribution in [0.2, 0.25) is 0 Å². The molecule has 0 unspecified atom stereocenters. The summed E-state index contributed by atoms with van der Waals surface area (Å²) in [6.45, 7) is 1.88. The van der Waals surface area contributed by atoms with Crippen molar-refractivity contribution in [3.63, 3.8) is 0 Å². The minimum absolute atomic E-state index is 0.175. The second-order valence-corrected chi connectivity index (χ2v) is 6.40. The molecule has 6 heteroatoms. The number of aromatic nitrogens is 4. The molecule has 1 fully saturated rings. The highest BCUT2D eigenvalue weighted by atomic mass is 16.1. The van der Waals surface area contributed by atoms with Gasteiger partial charge in [0, 0.05) is 36.6 Å². The van der Waals surface area contributed by atoms with E-state index in [1.807, 2.05) is 38.4 Å². The van der Waals surface area contributed by atoms with Gasteiger partial charge in [-0.2, -0.15) is 5.10 Å². The van der Waals surface area contributed by atoms with Gasteiger partial charge in [-0.25, -0.2) is 0 Å². The Bertz CT molecular complexity index is 942. The summed E-state index contributed by atoms with van der Waals surface area (Å²) in [4.78, 5) is 21.7. The molecule has 1 saturated carbocycles. The Labute approximate surface area is 145 Å². The highest BCUT2D eigenvalue weighted by molar-refractivity contribution is 6.06. The minimum Gasteiger partial charge on any atom is -0.320 e. The third-order valence-electron chi connectivity index (χ3n) is 4.38. The average Bonchev–Trinajstić information content (AvgIpc) is 3.37. The maximum absolute atomic E-state index is 12.7. The van der Waals surface area contributed by atoms with Gasteiger partial charge < -0.3 is 5.32 Å². The molecule has 3 aromatic rings. The first kappa shape index (κ1) is 15.5. The van der Waals surface area contributed by atoms with Crippen molar-refractivity contribution in [1.82, 2.24) is 19.7 Å². The largest absolute Gasteiger partial charge is 0.320 e. The van der Waals surface area contributed by atoms with Crippen LogP contribution in [0.4, 0.5) is 5.69 Å². The monoisotopic (exact) mass is 333 g/mol. The molecule has 126 valence electrons. The van der Waals surface area contributed by atoms with Gasteiger partial charge in [-0.05, 0) is 44.0 Å². The standard InChI is InChI=1S/C19H19N5O/c1-12-15(7-8-16(22-12)13-5-6-13)19(25)23-17-4-3-9-20-18(17)14-10-21-24(2)11-14/h3-4,7-11,13H,5-6H2,1-2H3,(H,23,25). The predicted molar refractivity (Wildman–Crippen MR) is 95.3 cm³/mol. The quantitative estimate of drug-likeness (QED) is 0.795. The van der Waals surface area contributed by atoms with Crippen molar-refractivity contribution in [2.75, 3.05) is 5.32 Å². The zero-order valence-electron chi connectivity index (χ0n) is 14.2. The van der Waals surface area contributed by atoms with Crippen molar-refractivity contribution < 1.29 is 4.79 Å². The van der Waals surface area contributed by atoms with Crippen molar-refractivity contribution in [1.29, 1.82) is 0 Å². The Hall–Kier alpha value is -3.02. The molecule has 0 spiro atoms. The van der Waals surface area contributed by atoms with Crippen LogP contribution in [0.1, 0.15) is 40.5 Å². The van der Waals surface area contributed by atoms with Crippen LogP contribution < -0.4 is 5.32 Å². The Morgan fingerprint density at radius 3 is 2.80 bits per heavy atom. The first-order valence-corrected chi connectivity index (χ1v) is 8.35. The number of carbonyl (C=O) groups excluding carboxylic acids is 1. The summed E-state index contributed by atoms with van der Waals surface area (Å²) in [5.74, 6) is 0.400. The topological polar surface area (TPSA) is 72.7 Å². The summed E-state index contributed by atoms with van der Waals surface area (Å²) in [7, 11) is 1.85. The van der Waals surface area contributed by atoms with Crippen molar-refractivity contribution in [2.45, 2.75) is 25.7 Å². The fourth-order valence-electron chi connectivity index (χ4n) is 2.90. The molecule has 0 aliphatic heterocycles. The van der Waals surface area contributed by atoms with Gasteiger partial charge in [0.2, 0.25) is 0 Å². The summed E-state index contributed by atoms with van der Waals surface area (Å²) >= 11 is 0. The Morgan fingerprint density at radius 1 is 1.28 bits per heavy atom. The van der Waals surface area contributed by atoms with E-state index in [9.17, 15) is 4.79 Å². The lowest BCUT2D eigenvalue weighted by molar-refractivity contribution is 0.102. The van der Waals surface area contributed by atoms with Crippen LogP contribution in [0.25, 0.3) is 11.3 Å². The molecule has 6 nitrogen and oxygen atoms in total. The molecular weight excluding hydrogens is 314 g/mol. The fourth-order valence-corrected chi connectivity index (χ4v) is 2.90. The third kappa shape index (κ3) is 3.15. The van der Waals surface area contributed by atoms with Crippen molar-refractivity contribution >= 4 is 11.6 Å². The highest BCUT2D eigenvalue weighted by Crippen LogP contribution is 2.39. The normalized spacial score (nSPS) is 13.7. The smallest absolute Gasteiger partial charge is 0.257 e. The van der Waals surface area contributed by atoms with Crippen LogP contribution >= 0.6 is 0 Å². The van der Waals surface area contributed by atoms with E-state index in [1.54, 1.807) is 23.1 Å². The molecule has 3 aromatic heterocycles. The number of nitrogens with one attached hydrogen (secondary N) is 1. The van der Waals surface area contributed by atoms with Gasteiger partial charge >= 0.3 is 0 Å². The van der Waals surface area contributed by atoms with E-state index in [4.69, 9.17) is 0 Å². The number of nitrogens with zero attached hydrogens (tertiary/aromatic N) is 4. The molecule has 0 atom stereocenters. The molecule has 1 aliphatic rings. The lowest BCUT2D eigenvalue weighted by atomic mass is 10.1. The highest BCUT2D eigenvalue weighted by Gasteiger charge is 2.25. The van der Waals surface area contributed by atoms with Crippen LogP contribution in [-0.2, 0) is 7.05 Å². The molecule has 0 aromatic carbocycles. The number of anilines is 1. The molecule has 1 amide bonds. The van der Waals surface area contributed by atoms with Gasteiger partial charge in [0.15, 0.2) is 0 Å². The number of hydrogen-bond acceptors (Lipinski definition) is 4. The number of amides is 1. The molecular formula is C19H19N5O. The van der Waals surface area contributed by atoms with E-state index in [0.717, 1.165) is 17.0 Å². The van der Waals surface area contributed by atoms with E-state index in [0.29, 0.717) is 22.9 Å². The molecule has 0 saturated heterocycles. The van der Waals surface area contributed by atoms with Gasteiger partial charge in [-0.1, -0.05) is 0 Å². The molecule has 4 rings (SSSR count). The summed E-state index contributed by atoms with van der Waals surface area (Å²) in [6, 6.07) is 7.47. The predicted octanol–water partition coefficient (Wildman–Crippen LogP) is 3.32. The van der Waals surface area contributed by atoms with Gasteiger partial charge in [0.1, 0.15) is 0 Å². The summed E-state index contributed by atoms with van der Waals surface area (Å²) in [5, 5.41) is 7.13. The molecule has 1 aliphatic carbocycles. The number of carbonyl (C=O) groups is 1. The van der Waals surface area contributed by atoms with E-state index >= 15 is 0 Å². The number of rotatable bonds is 4. The van der Waals surface area contributed by atoms with Crippen molar-refractivity contribution in [3.8, 4) is 11.3 Å². The zero-order chi connectivity index (χ0) is 17.4. The summed E-state index contributed by atoms with van der Waals surface area (Å²) in [5.41, 5.74) is 4.65. The fraction of sp³-hybridized carbons (Fsp3) is 0.263. The number of hydrogen-bond donors (Lipinski definition) is 1. The van der Waals surface area contributed by atoms with E-state index in [-0.39, 0.29) is 5.91 Å². The average molecular weight is 333 g/mol. The second kappa shape index (κ2) is 6.12. The number of aryl methyl sites for hydroxylation is 2. The first-order valence-electron chi connectivity index (χ1n) is 8.35. The van der Waals surface area contributed by atoms with Crippen LogP contribution in [0, 0.1) is 6.92 Å². The second-order valence-electron chi connectivity index (χ2n) is 6.40.